The number of hydrogen-bond donors (Lipinski definition) is 0. The predicted molar refractivity (Wildman–Crippen MR) is 91.4 cm³/mol. The monoisotopic (exact) mass is 370 g/mol. The van der Waals surface area contributed by atoms with E-state index in [9.17, 15) is 0 Å². The molecule has 0 aliphatic heterocycles. The largest absolute Gasteiger partial charge is 0.273 e. The third kappa shape index (κ3) is 5.04. The Labute approximate surface area is 145 Å². The minimum Gasteiger partial charge on any atom is -0.273 e. The van der Waals surface area contributed by atoms with Gasteiger partial charge < -0.3 is 0 Å². The van der Waals surface area contributed by atoms with E-state index < -0.39 is 0 Å². The molecule has 2 aromatic carbocycles. The van der Waals surface area contributed by atoms with E-state index in [1.807, 2.05) is 37.6 Å². The molecular formula is C21H20Mo-2. The Morgan fingerprint density at radius 2 is 1.77 bits per heavy atom. The zero-order chi connectivity index (χ0) is 15.8. The Kier molecular flexibility index (Phi) is 6.74. The van der Waals surface area contributed by atoms with Crippen LogP contribution in [-0.2, 0) is 25.8 Å². The van der Waals surface area contributed by atoms with Gasteiger partial charge in [-0.2, -0.15) is 35.9 Å². The summed E-state index contributed by atoms with van der Waals surface area (Å²) in [5.41, 5.74) is 5.51. The second kappa shape index (κ2) is 8.81. The SMILES string of the molecule is C[C](C)=[Mo].[C-]1=CC=CC1.[c-]1cccc2c1Cc1ccccc1-2. The predicted octanol–water partition coefficient (Wildman–Crippen LogP) is 5.11. The van der Waals surface area contributed by atoms with Crippen LogP contribution in [0.15, 0.2) is 60.7 Å². The van der Waals surface area contributed by atoms with Crippen LogP contribution in [0.3, 0.4) is 0 Å². The standard InChI is InChI=1S/C13H9.C5H5.C3H6.Mo/c1-3-7-12-10(5-1)9-11-6-2-4-8-13(11)12;1-2-4-5-3-1;1-3-2;/h1-5,7-8H,9H2;1-3H,4H2;1-2H3;/q2*-1;;. The van der Waals surface area contributed by atoms with Gasteiger partial charge in [0.2, 0.25) is 0 Å². The second-order valence-electron chi connectivity index (χ2n) is 5.31. The summed E-state index contributed by atoms with van der Waals surface area (Å²) in [6.07, 6.45) is 11.0. The summed E-state index contributed by atoms with van der Waals surface area (Å²) in [6, 6.07) is 18.1. The van der Waals surface area contributed by atoms with Crippen molar-refractivity contribution in [3.63, 3.8) is 0 Å². The summed E-state index contributed by atoms with van der Waals surface area (Å²) in [5.74, 6) is 0. The summed E-state index contributed by atoms with van der Waals surface area (Å²) in [5, 5.41) is 0. The molecule has 1 heteroatoms. The van der Waals surface area contributed by atoms with Crippen LogP contribution in [0, 0.1) is 12.1 Å². The van der Waals surface area contributed by atoms with Gasteiger partial charge in [0.15, 0.2) is 0 Å². The van der Waals surface area contributed by atoms with Crippen molar-refractivity contribution in [3.8, 4) is 11.1 Å². The fraction of sp³-hybridized carbons (Fsp3) is 0.190. The Hall–Kier alpha value is -1.52. The molecule has 2 aliphatic rings. The van der Waals surface area contributed by atoms with Gasteiger partial charge in [-0.25, -0.2) is 12.2 Å². The first-order chi connectivity index (χ1) is 10.7. The molecule has 0 heterocycles. The number of allylic oxidation sites excluding steroid dienone is 4. The molecule has 0 bridgehead atoms. The molecular weight excluding hydrogens is 348 g/mol. The molecule has 112 valence electrons. The maximum Gasteiger partial charge on any atom is -0.0253 e. The molecule has 0 amide bonds. The third-order valence-electron chi connectivity index (χ3n) is 3.20. The minimum absolute atomic E-state index is 1.01. The van der Waals surface area contributed by atoms with Crippen molar-refractivity contribution < 1.29 is 19.4 Å². The fourth-order valence-electron chi connectivity index (χ4n) is 2.34. The van der Waals surface area contributed by atoms with E-state index in [0.29, 0.717) is 0 Å². The van der Waals surface area contributed by atoms with E-state index in [1.165, 1.54) is 26.2 Å². The average Bonchev–Trinajstić information content (AvgIpc) is 3.18. The minimum atomic E-state index is 1.01. The topological polar surface area (TPSA) is 0 Å². The zero-order valence-corrected chi connectivity index (χ0v) is 15.1. The van der Waals surface area contributed by atoms with Gasteiger partial charge in [0.1, 0.15) is 0 Å². The molecule has 0 saturated heterocycles. The van der Waals surface area contributed by atoms with Gasteiger partial charge in [-0.3, -0.25) is 6.08 Å². The normalized spacial score (nSPS) is 12.5. The molecule has 2 aliphatic carbocycles. The van der Waals surface area contributed by atoms with E-state index in [4.69, 9.17) is 0 Å². The molecule has 4 rings (SSSR count). The van der Waals surface area contributed by atoms with Gasteiger partial charge in [-0.05, 0) is 6.42 Å². The maximum absolute atomic E-state index is 3.30. The Morgan fingerprint density at radius 1 is 1.05 bits per heavy atom. The maximum atomic E-state index is 3.30. The van der Waals surface area contributed by atoms with Crippen molar-refractivity contribution in [2.45, 2.75) is 26.7 Å². The smallest absolute Gasteiger partial charge is 0.0253 e. The Balaban J connectivity index is 0.000000163. The first-order valence-electron chi connectivity index (χ1n) is 7.45. The zero-order valence-electron chi connectivity index (χ0n) is 13.1. The van der Waals surface area contributed by atoms with Crippen LogP contribution in [0.2, 0.25) is 0 Å². The molecule has 0 atom stereocenters. The van der Waals surface area contributed by atoms with E-state index in [2.05, 4.69) is 68.5 Å². The number of rotatable bonds is 0. The molecule has 22 heavy (non-hydrogen) atoms. The average molecular weight is 368 g/mol. The van der Waals surface area contributed by atoms with Gasteiger partial charge in [-0.15, -0.1) is 12.0 Å². The summed E-state index contributed by atoms with van der Waals surface area (Å²) < 4.78 is 1.43. The van der Waals surface area contributed by atoms with Gasteiger partial charge in [0, 0.05) is 0 Å². The van der Waals surface area contributed by atoms with E-state index in [-0.39, 0.29) is 0 Å². The number of benzene rings is 2. The first-order valence-corrected chi connectivity index (χ1v) is 8.45. The molecule has 0 unspecified atom stereocenters. The van der Waals surface area contributed by atoms with Crippen molar-refractivity contribution in [3.05, 3.63) is 84.0 Å². The molecule has 0 fully saturated rings. The molecule has 2 aromatic rings. The fourth-order valence-corrected chi connectivity index (χ4v) is 2.34. The molecule has 0 aromatic heterocycles. The van der Waals surface area contributed by atoms with Gasteiger partial charge in [0.05, 0.1) is 0 Å². The third-order valence-corrected chi connectivity index (χ3v) is 3.20. The van der Waals surface area contributed by atoms with Crippen LogP contribution < -0.4 is 0 Å². The summed E-state index contributed by atoms with van der Waals surface area (Å²) in [4.78, 5) is 0. The summed E-state index contributed by atoms with van der Waals surface area (Å²) in [7, 11) is 0. The van der Waals surface area contributed by atoms with Gasteiger partial charge in [-0.1, -0.05) is 35.4 Å². The molecule has 0 spiro atoms. The molecule has 0 saturated carbocycles. The first kappa shape index (κ1) is 16.8. The quantitative estimate of drug-likeness (QED) is 0.382. The van der Waals surface area contributed by atoms with Crippen LogP contribution in [0.25, 0.3) is 11.1 Å². The van der Waals surface area contributed by atoms with Crippen LogP contribution in [0.4, 0.5) is 0 Å². The van der Waals surface area contributed by atoms with E-state index in [1.54, 1.807) is 0 Å². The van der Waals surface area contributed by atoms with Crippen LogP contribution >= 0.6 is 0 Å². The van der Waals surface area contributed by atoms with Crippen LogP contribution in [0.5, 0.6) is 0 Å². The Bertz CT molecular complexity index is 635. The van der Waals surface area contributed by atoms with Gasteiger partial charge >= 0.3 is 37.1 Å². The second-order valence-corrected chi connectivity index (χ2v) is 7.31. The molecule has 0 nitrogen and oxygen atoms in total. The summed E-state index contributed by atoms with van der Waals surface area (Å²) in [6.45, 7) is 4.18. The van der Waals surface area contributed by atoms with E-state index in [0.717, 1.165) is 12.8 Å². The van der Waals surface area contributed by atoms with Crippen molar-refractivity contribution >= 4 is 3.90 Å². The molecule has 0 N–H and O–H groups in total. The van der Waals surface area contributed by atoms with Crippen molar-refractivity contribution in [2.24, 2.45) is 0 Å². The van der Waals surface area contributed by atoms with Crippen molar-refractivity contribution in [2.75, 3.05) is 0 Å². The summed E-state index contributed by atoms with van der Waals surface area (Å²) >= 11 is 2.02. The molecule has 0 radical (unpaired) electrons. The van der Waals surface area contributed by atoms with Gasteiger partial charge in [0.25, 0.3) is 0 Å². The van der Waals surface area contributed by atoms with Crippen LogP contribution in [-0.4, -0.2) is 3.90 Å². The number of hydrogen-bond acceptors (Lipinski definition) is 0. The van der Waals surface area contributed by atoms with Crippen LogP contribution in [0.1, 0.15) is 31.4 Å². The van der Waals surface area contributed by atoms with Crippen molar-refractivity contribution in [1.29, 1.82) is 0 Å². The van der Waals surface area contributed by atoms with E-state index >= 15 is 0 Å². The van der Waals surface area contributed by atoms with Crippen molar-refractivity contribution in [1.82, 2.24) is 0 Å². The number of fused-ring (bicyclic) bond motifs is 3. The Morgan fingerprint density at radius 3 is 2.41 bits per heavy atom.